The van der Waals surface area contributed by atoms with Gasteiger partial charge in [0.25, 0.3) is 0 Å². The maximum atomic E-state index is 12.5. The van der Waals surface area contributed by atoms with Crippen LogP contribution < -0.4 is 0 Å². The molecule has 3 heteroatoms. The lowest BCUT2D eigenvalue weighted by Gasteiger charge is -2.35. The van der Waals surface area contributed by atoms with Gasteiger partial charge in [-0.3, -0.25) is 4.79 Å². The average Bonchev–Trinajstić information content (AvgIpc) is 2.50. The summed E-state index contributed by atoms with van der Waals surface area (Å²) in [5.74, 6) is 0.0813. The minimum absolute atomic E-state index is 0.0813. The molecule has 0 N–H and O–H groups in total. The Bertz CT molecular complexity index is 268. The first-order chi connectivity index (χ1) is 9.68. The number of esters is 1. The molecule has 3 nitrogen and oxygen atoms in total. The lowest BCUT2D eigenvalue weighted by atomic mass is 9.71. The Morgan fingerprint density at radius 3 is 2.30 bits per heavy atom. The van der Waals surface area contributed by atoms with Crippen molar-refractivity contribution in [3.63, 3.8) is 0 Å². The summed E-state index contributed by atoms with van der Waals surface area (Å²) in [5, 5.41) is 0. The van der Waals surface area contributed by atoms with Gasteiger partial charge in [-0.15, -0.1) is 0 Å². The number of ether oxygens (including phenoxy) is 1. The van der Waals surface area contributed by atoms with Gasteiger partial charge in [-0.25, -0.2) is 0 Å². The summed E-state index contributed by atoms with van der Waals surface area (Å²) in [7, 11) is 0. The number of rotatable bonds is 9. The van der Waals surface area contributed by atoms with Crippen molar-refractivity contribution in [2.75, 3.05) is 26.2 Å². The highest BCUT2D eigenvalue weighted by Crippen LogP contribution is 2.41. The number of likely N-dealkylation sites (N-methyl/N-ethyl adjacent to an activating group) is 1. The molecular formula is C17H33NO2. The van der Waals surface area contributed by atoms with Crippen molar-refractivity contribution >= 4 is 5.97 Å². The van der Waals surface area contributed by atoms with Crippen molar-refractivity contribution in [1.29, 1.82) is 0 Å². The van der Waals surface area contributed by atoms with Crippen LogP contribution in [0.2, 0.25) is 0 Å². The first-order valence-electron chi connectivity index (χ1n) is 8.58. The third-order valence-electron chi connectivity index (χ3n) is 4.79. The smallest absolute Gasteiger partial charge is 0.312 e. The molecule has 118 valence electrons. The molecule has 0 heterocycles. The van der Waals surface area contributed by atoms with E-state index < -0.39 is 0 Å². The van der Waals surface area contributed by atoms with Crippen LogP contribution in [0, 0.1) is 5.41 Å². The Labute approximate surface area is 125 Å². The molecule has 0 unspecified atom stereocenters. The fourth-order valence-corrected chi connectivity index (χ4v) is 3.26. The SMILES string of the molecule is CCCCC1(C(=O)OCCN(CC)CC)CCCCC1. The van der Waals surface area contributed by atoms with Gasteiger partial charge in [-0.05, 0) is 32.4 Å². The lowest BCUT2D eigenvalue weighted by Crippen LogP contribution is -2.37. The molecule has 0 spiro atoms. The van der Waals surface area contributed by atoms with Gasteiger partial charge >= 0.3 is 5.97 Å². The van der Waals surface area contributed by atoms with Crippen molar-refractivity contribution in [2.24, 2.45) is 5.41 Å². The third kappa shape index (κ3) is 5.08. The molecule has 1 saturated carbocycles. The zero-order chi connectivity index (χ0) is 14.8. The molecule has 0 bridgehead atoms. The number of hydrogen-bond donors (Lipinski definition) is 0. The van der Waals surface area contributed by atoms with E-state index in [1.54, 1.807) is 0 Å². The van der Waals surface area contributed by atoms with Crippen LogP contribution in [0.15, 0.2) is 0 Å². The molecule has 0 aromatic rings. The highest BCUT2D eigenvalue weighted by atomic mass is 16.5. The summed E-state index contributed by atoms with van der Waals surface area (Å²) in [5.41, 5.74) is -0.155. The zero-order valence-corrected chi connectivity index (χ0v) is 13.7. The second-order valence-electron chi connectivity index (χ2n) is 6.11. The van der Waals surface area contributed by atoms with Crippen molar-refractivity contribution < 1.29 is 9.53 Å². The maximum absolute atomic E-state index is 12.5. The summed E-state index contributed by atoms with van der Waals surface area (Å²) in [6.45, 7) is 9.95. The average molecular weight is 283 g/mol. The van der Waals surface area contributed by atoms with Crippen molar-refractivity contribution in [1.82, 2.24) is 4.90 Å². The van der Waals surface area contributed by atoms with Crippen LogP contribution >= 0.6 is 0 Å². The third-order valence-corrected chi connectivity index (χ3v) is 4.79. The highest BCUT2D eigenvalue weighted by molar-refractivity contribution is 5.77. The first-order valence-corrected chi connectivity index (χ1v) is 8.58. The van der Waals surface area contributed by atoms with E-state index in [4.69, 9.17) is 4.74 Å². The van der Waals surface area contributed by atoms with Gasteiger partial charge in [0.05, 0.1) is 5.41 Å². The van der Waals surface area contributed by atoms with Crippen LogP contribution in [0.25, 0.3) is 0 Å². The molecule has 1 fully saturated rings. The Hall–Kier alpha value is -0.570. The van der Waals surface area contributed by atoms with E-state index in [0.717, 1.165) is 51.7 Å². The topological polar surface area (TPSA) is 29.5 Å². The standard InChI is InChI=1S/C17H33NO2/c1-4-7-11-17(12-9-8-10-13-17)16(19)20-15-14-18(5-2)6-3/h4-15H2,1-3H3. The fourth-order valence-electron chi connectivity index (χ4n) is 3.26. The fraction of sp³-hybridized carbons (Fsp3) is 0.941. The first kappa shape index (κ1) is 17.5. The van der Waals surface area contributed by atoms with Gasteiger partial charge in [0.1, 0.15) is 6.61 Å². The minimum Gasteiger partial charge on any atom is -0.464 e. The van der Waals surface area contributed by atoms with Gasteiger partial charge in [0.2, 0.25) is 0 Å². The van der Waals surface area contributed by atoms with Crippen LogP contribution in [-0.4, -0.2) is 37.1 Å². The summed E-state index contributed by atoms with van der Waals surface area (Å²) < 4.78 is 5.64. The molecule has 0 saturated heterocycles. The molecular weight excluding hydrogens is 250 g/mol. The number of hydrogen-bond acceptors (Lipinski definition) is 3. The second kappa shape index (κ2) is 9.38. The number of unbranched alkanes of at least 4 members (excludes halogenated alkanes) is 1. The van der Waals surface area contributed by atoms with E-state index >= 15 is 0 Å². The normalized spacial score (nSPS) is 18.2. The zero-order valence-electron chi connectivity index (χ0n) is 13.7. The van der Waals surface area contributed by atoms with Gasteiger partial charge in [0, 0.05) is 6.54 Å². The molecule has 0 amide bonds. The Morgan fingerprint density at radius 1 is 1.10 bits per heavy atom. The molecule has 0 aromatic heterocycles. The van der Waals surface area contributed by atoms with E-state index in [9.17, 15) is 4.79 Å². The van der Waals surface area contributed by atoms with E-state index in [0.29, 0.717) is 6.61 Å². The van der Waals surface area contributed by atoms with Crippen LogP contribution in [0.5, 0.6) is 0 Å². The summed E-state index contributed by atoms with van der Waals surface area (Å²) >= 11 is 0. The predicted octanol–water partition coefficient (Wildman–Crippen LogP) is 4.01. The molecule has 0 aromatic carbocycles. The monoisotopic (exact) mass is 283 g/mol. The molecule has 1 aliphatic carbocycles. The highest BCUT2D eigenvalue weighted by Gasteiger charge is 2.40. The van der Waals surface area contributed by atoms with E-state index in [1.807, 2.05) is 0 Å². The van der Waals surface area contributed by atoms with E-state index in [2.05, 4.69) is 25.7 Å². The van der Waals surface area contributed by atoms with Crippen LogP contribution in [0.3, 0.4) is 0 Å². The van der Waals surface area contributed by atoms with Gasteiger partial charge in [-0.1, -0.05) is 52.9 Å². The Kier molecular flexibility index (Phi) is 8.20. The summed E-state index contributed by atoms with van der Waals surface area (Å²) in [6, 6.07) is 0. The molecule has 1 aliphatic rings. The maximum Gasteiger partial charge on any atom is 0.312 e. The molecule has 0 radical (unpaired) electrons. The van der Waals surface area contributed by atoms with E-state index in [-0.39, 0.29) is 11.4 Å². The molecule has 1 rings (SSSR count). The second-order valence-corrected chi connectivity index (χ2v) is 6.11. The molecule has 0 aliphatic heterocycles. The van der Waals surface area contributed by atoms with Gasteiger partial charge in [-0.2, -0.15) is 0 Å². The Balaban J connectivity index is 2.46. The van der Waals surface area contributed by atoms with Gasteiger partial charge < -0.3 is 9.64 Å². The summed E-state index contributed by atoms with van der Waals surface area (Å²) in [4.78, 5) is 14.8. The van der Waals surface area contributed by atoms with Crippen molar-refractivity contribution in [3.05, 3.63) is 0 Å². The molecule has 0 atom stereocenters. The van der Waals surface area contributed by atoms with Gasteiger partial charge in [0.15, 0.2) is 0 Å². The number of carbonyl (C=O) groups is 1. The van der Waals surface area contributed by atoms with E-state index in [1.165, 1.54) is 19.3 Å². The van der Waals surface area contributed by atoms with Crippen molar-refractivity contribution in [2.45, 2.75) is 72.1 Å². The summed E-state index contributed by atoms with van der Waals surface area (Å²) in [6.07, 6.45) is 9.06. The molecule has 20 heavy (non-hydrogen) atoms. The number of nitrogens with zero attached hydrogens (tertiary/aromatic N) is 1. The minimum atomic E-state index is -0.155. The quantitative estimate of drug-likeness (QED) is 0.599. The Morgan fingerprint density at radius 2 is 1.75 bits per heavy atom. The van der Waals surface area contributed by atoms with Crippen LogP contribution in [0.1, 0.15) is 72.1 Å². The number of carbonyl (C=O) groups excluding carboxylic acids is 1. The largest absolute Gasteiger partial charge is 0.464 e. The van der Waals surface area contributed by atoms with Crippen LogP contribution in [0.4, 0.5) is 0 Å². The predicted molar refractivity (Wildman–Crippen MR) is 83.8 cm³/mol. The van der Waals surface area contributed by atoms with Crippen LogP contribution in [-0.2, 0) is 9.53 Å². The van der Waals surface area contributed by atoms with Crippen molar-refractivity contribution in [3.8, 4) is 0 Å². The lowest BCUT2D eigenvalue weighted by molar-refractivity contribution is -0.159.